The number of rotatable bonds is 1. The Kier molecular flexibility index (Phi) is 1.71. The van der Waals surface area contributed by atoms with Gasteiger partial charge in [0.2, 0.25) is 0 Å². The molecule has 0 aliphatic carbocycles. The molecular formula is C6H8N2O. The van der Waals surface area contributed by atoms with E-state index in [1.807, 2.05) is 5.92 Å². The minimum atomic E-state index is -0.318. The van der Waals surface area contributed by atoms with E-state index in [4.69, 9.17) is 6.42 Å². The Morgan fingerprint density at radius 3 is 2.78 bits per heavy atom. The molecule has 0 saturated carbocycles. The number of carbonyl (C=O) groups is 1. The lowest BCUT2D eigenvalue weighted by Gasteiger charge is -2.26. The lowest BCUT2D eigenvalue weighted by molar-refractivity contribution is -0.116. The molecule has 0 radical (unpaired) electrons. The first-order chi connectivity index (χ1) is 4.33. The molecule has 48 valence electrons. The van der Waals surface area contributed by atoms with Crippen molar-refractivity contribution in [2.24, 2.45) is 0 Å². The summed E-state index contributed by atoms with van der Waals surface area (Å²) in [5.41, 5.74) is 0. The molecule has 1 saturated heterocycles. The normalized spacial score (nSPS) is 17.7. The minimum Gasteiger partial charge on any atom is -0.340 e. The van der Waals surface area contributed by atoms with Crippen LogP contribution in [0.1, 0.15) is 0 Å². The SMILES string of the molecule is C#CC(=O)NC1CNC1. The van der Waals surface area contributed by atoms with Crippen molar-refractivity contribution in [1.82, 2.24) is 10.6 Å². The molecule has 0 aromatic rings. The van der Waals surface area contributed by atoms with Gasteiger partial charge in [-0.3, -0.25) is 4.79 Å². The van der Waals surface area contributed by atoms with Crippen molar-refractivity contribution in [2.75, 3.05) is 13.1 Å². The maximum absolute atomic E-state index is 10.4. The zero-order chi connectivity index (χ0) is 6.69. The lowest BCUT2D eigenvalue weighted by Crippen LogP contribution is -2.56. The monoisotopic (exact) mass is 124 g/mol. The van der Waals surface area contributed by atoms with Crippen molar-refractivity contribution >= 4 is 5.91 Å². The quantitative estimate of drug-likeness (QED) is 0.427. The van der Waals surface area contributed by atoms with Gasteiger partial charge in [-0.05, 0) is 5.92 Å². The van der Waals surface area contributed by atoms with Crippen LogP contribution in [0.5, 0.6) is 0 Å². The second kappa shape index (κ2) is 2.51. The van der Waals surface area contributed by atoms with E-state index in [2.05, 4.69) is 10.6 Å². The zero-order valence-electron chi connectivity index (χ0n) is 4.98. The molecule has 3 heteroatoms. The Morgan fingerprint density at radius 2 is 2.44 bits per heavy atom. The van der Waals surface area contributed by atoms with E-state index in [0.717, 1.165) is 13.1 Å². The standard InChI is InChI=1S/C6H8N2O/c1-2-6(9)8-5-3-7-4-5/h1,5,7H,3-4H2,(H,8,9). The van der Waals surface area contributed by atoms with Crippen molar-refractivity contribution in [3.05, 3.63) is 0 Å². The Balaban J connectivity index is 2.18. The summed E-state index contributed by atoms with van der Waals surface area (Å²) in [6, 6.07) is 0.258. The number of hydrogen-bond acceptors (Lipinski definition) is 2. The summed E-state index contributed by atoms with van der Waals surface area (Å²) in [7, 11) is 0. The van der Waals surface area contributed by atoms with Crippen LogP contribution in [0.25, 0.3) is 0 Å². The topological polar surface area (TPSA) is 41.1 Å². The Hall–Kier alpha value is -1.01. The highest BCUT2D eigenvalue weighted by Crippen LogP contribution is 1.88. The van der Waals surface area contributed by atoms with Crippen LogP contribution in [0.3, 0.4) is 0 Å². The highest BCUT2D eigenvalue weighted by atomic mass is 16.1. The van der Waals surface area contributed by atoms with Crippen molar-refractivity contribution in [3.63, 3.8) is 0 Å². The Morgan fingerprint density at radius 1 is 1.78 bits per heavy atom. The third-order valence-corrected chi connectivity index (χ3v) is 1.25. The van der Waals surface area contributed by atoms with Gasteiger partial charge in [0.05, 0.1) is 6.04 Å². The fraction of sp³-hybridized carbons (Fsp3) is 0.500. The summed E-state index contributed by atoms with van der Waals surface area (Å²) in [6.45, 7) is 1.68. The van der Waals surface area contributed by atoms with Crippen LogP contribution in [0.2, 0.25) is 0 Å². The van der Waals surface area contributed by atoms with Gasteiger partial charge in [-0.2, -0.15) is 0 Å². The van der Waals surface area contributed by atoms with E-state index in [0.29, 0.717) is 0 Å². The molecule has 0 unspecified atom stereocenters. The zero-order valence-corrected chi connectivity index (χ0v) is 4.98. The van der Waals surface area contributed by atoms with Gasteiger partial charge < -0.3 is 10.6 Å². The first-order valence-corrected chi connectivity index (χ1v) is 2.81. The van der Waals surface area contributed by atoms with Crippen LogP contribution in [-0.2, 0) is 4.79 Å². The van der Waals surface area contributed by atoms with Crippen LogP contribution >= 0.6 is 0 Å². The van der Waals surface area contributed by atoms with Crippen LogP contribution < -0.4 is 10.6 Å². The number of terminal acetylenes is 1. The van der Waals surface area contributed by atoms with Gasteiger partial charge in [0.1, 0.15) is 0 Å². The smallest absolute Gasteiger partial charge is 0.295 e. The molecule has 0 aromatic carbocycles. The predicted octanol–water partition coefficient (Wildman–Crippen LogP) is -1.29. The largest absolute Gasteiger partial charge is 0.340 e. The van der Waals surface area contributed by atoms with Crippen LogP contribution in [0, 0.1) is 12.3 Å². The van der Waals surface area contributed by atoms with Crippen molar-refractivity contribution in [2.45, 2.75) is 6.04 Å². The molecule has 1 fully saturated rings. The number of carbonyl (C=O) groups excluding carboxylic acids is 1. The molecule has 1 amide bonds. The predicted molar refractivity (Wildman–Crippen MR) is 33.6 cm³/mol. The Bertz CT molecular complexity index is 155. The maximum atomic E-state index is 10.4. The molecule has 0 aromatic heterocycles. The van der Waals surface area contributed by atoms with Crippen LogP contribution in [0.4, 0.5) is 0 Å². The molecule has 0 atom stereocenters. The fourth-order valence-corrected chi connectivity index (χ4v) is 0.618. The lowest BCUT2D eigenvalue weighted by atomic mass is 10.2. The van der Waals surface area contributed by atoms with E-state index in [9.17, 15) is 4.79 Å². The van der Waals surface area contributed by atoms with Gasteiger partial charge in [-0.25, -0.2) is 0 Å². The molecule has 3 nitrogen and oxygen atoms in total. The molecule has 0 spiro atoms. The van der Waals surface area contributed by atoms with Crippen molar-refractivity contribution in [3.8, 4) is 12.3 Å². The number of nitrogens with one attached hydrogen (secondary N) is 2. The van der Waals surface area contributed by atoms with E-state index in [1.165, 1.54) is 0 Å². The van der Waals surface area contributed by atoms with E-state index in [1.54, 1.807) is 0 Å². The van der Waals surface area contributed by atoms with Crippen molar-refractivity contribution in [1.29, 1.82) is 0 Å². The molecule has 1 aliphatic rings. The van der Waals surface area contributed by atoms with Gasteiger partial charge >= 0.3 is 0 Å². The van der Waals surface area contributed by atoms with Gasteiger partial charge in [-0.1, -0.05) is 0 Å². The van der Waals surface area contributed by atoms with Gasteiger partial charge in [0.25, 0.3) is 5.91 Å². The van der Waals surface area contributed by atoms with Gasteiger partial charge in [0.15, 0.2) is 0 Å². The van der Waals surface area contributed by atoms with Gasteiger partial charge in [0, 0.05) is 13.1 Å². The summed E-state index contributed by atoms with van der Waals surface area (Å²) < 4.78 is 0. The van der Waals surface area contributed by atoms with Gasteiger partial charge in [-0.15, -0.1) is 6.42 Å². The third kappa shape index (κ3) is 1.44. The summed E-state index contributed by atoms with van der Waals surface area (Å²) in [6.07, 6.45) is 4.82. The third-order valence-electron chi connectivity index (χ3n) is 1.25. The molecule has 1 heterocycles. The summed E-state index contributed by atoms with van der Waals surface area (Å²) in [5.74, 6) is 1.67. The average Bonchev–Trinajstić information content (AvgIpc) is 1.78. The number of amides is 1. The van der Waals surface area contributed by atoms with Crippen LogP contribution in [0.15, 0.2) is 0 Å². The first-order valence-electron chi connectivity index (χ1n) is 2.81. The van der Waals surface area contributed by atoms with E-state index in [-0.39, 0.29) is 11.9 Å². The Labute approximate surface area is 53.8 Å². The molecule has 9 heavy (non-hydrogen) atoms. The fourth-order valence-electron chi connectivity index (χ4n) is 0.618. The molecule has 1 rings (SSSR count). The molecule has 0 bridgehead atoms. The second-order valence-corrected chi connectivity index (χ2v) is 1.97. The first kappa shape index (κ1) is 6.12. The average molecular weight is 124 g/mol. The minimum absolute atomic E-state index is 0.258. The summed E-state index contributed by atoms with van der Waals surface area (Å²) in [4.78, 5) is 10.4. The summed E-state index contributed by atoms with van der Waals surface area (Å²) in [5, 5.41) is 5.64. The van der Waals surface area contributed by atoms with E-state index < -0.39 is 0 Å². The van der Waals surface area contributed by atoms with Crippen LogP contribution in [-0.4, -0.2) is 25.0 Å². The molecule has 1 aliphatic heterocycles. The molecule has 2 N–H and O–H groups in total. The highest BCUT2D eigenvalue weighted by Gasteiger charge is 2.16. The van der Waals surface area contributed by atoms with Crippen molar-refractivity contribution < 1.29 is 4.79 Å². The van der Waals surface area contributed by atoms with E-state index >= 15 is 0 Å². The summed E-state index contributed by atoms with van der Waals surface area (Å²) >= 11 is 0. The highest BCUT2D eigenvalue weighted by molar-refractivity contribution is 5.93. The second-order valence-electron chi connectivity index (χ2n) is 1.97. The molecular weight excluding hydrogens is 116 g/mol. The number of hydrogen-bond donors (Lipinski definition) is 2. The maximum Gasteiger partial charge on any atom is 0.295 e.